The molecule has 2 heterocycles. The minimum atomic E-state index is 0.402. The fourth-order valence-corrected chi connectivity index (χ4v) is 2.79. The van der Waals surface area contributed by atoms with Crippen molar-refractivity contribution in [3.05, 3.63) is 51.4 Å². The fourth-order valence-electron chi connectivity index (χ4n) is 1.72. The molecule has 0 aliphatic heterocycles. The van der Waals surface area contributed by atoms with E-state index in [-0.39, 0.29) is 0 Å². The first-order chi connectivity index (χ1) is 8.31. The molecule has 0 aromatic carbocycles. The maximum absolute atomic E-state index is 6.08. The van der Waals surface area contributed by atoms with Gasteiger partial charge >= 0.3 is 0 Å². The Morgan fingerprint density at radius 2 is 2.35 bits per heavy atom. The zero-order chi connectivity index (χ0) is 12.1. The van der Waals surface area contributed by atoms with E-state index in [0.29, 0.717) is 6.04 Å². The van der Waals surface area contributed by atoms with E-state index >= 15 is 0 Å². The van der Waals surface area contributed by atoms with Crippen molar-refractivity contribution < 1.29 is 0 Å². The molecule has 4 heteroatoms. The van der Waals surface area contributed by atoms with Crippen LogP contribution in [-0.2, 0) is 6.54 Å². The Morgan fingerprint density at radius 3 is 3.00 bits per heavy atom. The first kappa shape index (κ1) is 12.6. The summed E-state index contributed by atoms with van der Waals surface area (Å²) in [6.07, 6.45) is 4.53. The second-order valence-corrected chi connectivity index (χ2v) is 5.21. The van der Waals surface area contributed by atoms with Crippen LogP contribution in [0, 0.1) is 0 Å². The summed E-state index contributed by atoms with van der Waals surface area (Å²) >= 11 is 7.86. The summed E-state index contributed by atoms with van der Waals surface area (Å²) in [5, 5.41) is 6.36. The van der Waals surface area contributed by atoms with Crippen molar-refractivity contribution in [2.24, 2.45) is 0 Å². The van der Waals surface area contributed by atoms with E-state index < -0.39 is 0 Å². The molecule has 0 bridgehead atoms. The van der Waals surface area contributed by atoms with Gasteiger partial charge in [0.25, 0.3) is 0 Å². The lowest BCUT2D eigenvalue weighted by Crippen LogP contribution is -2.19. The highest BCUT2D eigenvalue weighted by Crippen LogP contribution is 2.23. The van der Waals surface area contributed by atoms with Crippen molar-refractivity contribution in [1.82, 2.24) is 10.3 Å². The van der Waals surface area contributed by atoms with Gasteiger partial charge in [-0.05, 0) is 29.5 Å². The van der Waals surface area contributed by atoms with Crippen LogP contribution < -0.4 is 5.32 Å². The van der Waals surface area contributed by atoms with Crippen LogP contribution >= 0.6 is 22.9 Å². The van der Waals surface area contributed by atoms with Crippen LogP contribution in [0.1, 0.15) is 29.8 Å². The molecule has 2 aromatic rings. The number of halogens is 1. The lowest BCUT2D eigenvalue weighted by Gasteiger charge is -2.15. The van der Waals surface area contributed by atoms with E-state index in [1.165, 1.54) is 4.88 Å². The Morgan fingerprint density at radius 1 is 1.47 bits per heavy atom. The molecule has 0 fully saturated rings. The highest BCUT2D eigenvalue weighted by molar-refractivity contribution is 7.10. The van der Waals surface area contributed by atoms with Gasteiger partial charge in [0.2, 0.25) is 0 Å². The Labute approximate surface area is 111 Å². The van der Waals surface area contributed by atoms with Gasteiger partial charge in [0.1, 0.15) is 0 Å². The zero-order valence-electron chi connectivity index (χ0n) is 9.69. The molecule has 0 radical (unpaired) electrons. The van der Waals surface area contributed by atoms with Gasteiger partial charge in [0, 0.05) is 29.9 Å². The van der Waals surface area contributed by atoms with Gasteiger partial charge in [-0.25, -0.2) is 0 Å². The molecule has 1 atom stereocenters. The van der Waals surface area contributed by atoms with E-state index in [4.69, 9.17) is 11.6 Å². The van der Waals surface area contributed by atoms with Crippen molar-refractivity contribution in [3.8, 4) is 0 Å². The Hall–Kier alpha value is -0.900. The Kier molecular flexibility index (Phi) is 4.54. The molecule has 2 rings (SSSR count). The molecule has 90 valence electrons. The van der Waals surface area contributed by atoms with E-state index in [1.807, 2.05) is 6.07 Å². The largest absolute Gasteiger partial charge is 0.305 e. The summed E-state index contributed by atoms with van der Waals surface area (Å²) in [5.41, 5.74) is 1.09. The van der Waals surface area contributed by atoms with Crippen LogP contribution in [0.5, 0.6) is 0 Å². The normalized spacial score (nSPS) is 12.6. The molecule has 17 heavy (non-hydrogen) atoms. The Bertz CT molecular complexity index is 456. The van der Waals surface area contributed by atoms with Crippen LogP contribution in [0.2, 0.25) is 5.02 Å². The minimum absolute atomic E-state index is 0.402. The van der Waals surface area contributed by atoms with Crippen molar-refractivity contribution in [1.29, 1.82) is 0 Å². The van der Waals surface area contributed by atoms with Crippen LogP contribution in [0.15, 0.2) is 36.0 Å². The smallest absolute Gasteiger partial charge is 0.0634 e. The zero-order valence-corrected chi connectivity index (χ0v) is 11.3. The first-order valence-corrected chi connectivity index (χ1v) is 6.92. The van der Waals surface area contributed by atoms with Crippen molar-refractivity contribution in [2.45, 2.75) is 25.9 Å². The number of nitrogens with one attached hydrogen (secondary N) is 1. The van der Waals surface area contributed by atoms with Crippen molar-refractivity contribution >= 4 is 22.9 Å². The molecule has 0 aliphatic carbocycles. The molecule has 0 spiro atoms. The fraction of sp³-hybridized carbons (Fsp3) is 0.308. The van der Waals surface area contributed by atoms with Gasteiger partial charge in [-0.3, -0.25) is 4.98 Å². The number of hydrogen-bond donors (Lipinski definition) is 1. The number of thiophene rings is 1. The molecular formula is C13H15ClN2S. The number of pyridine rings is 1. The van der Waals surface area contributed by atoms with Crippen LogP contribution in [0.25, 0.3) is 0 Å². The van der Waals surface area contributed by atoms with Gasteiger partial charge in [-0.15, -0.1) is 11.3 Å². The highest BCUT2D eigenvalue weighted by Gasteiger charge is 2.10. The maximum Gasteiger partial charge on any atom is 0.0634 e. The highest BCUT2D eigenvalue weighted by atomic mass is 35.5. The third-order valence-electron chi connectivity index (χ3n) is 2.69. The van der Waals surface area contributed by atoms with Crippen LogP contribution in [0.4, 0.5) is 0 Å². The molecule has 2 nitrogen and oxygen atoms in total. The molecule has 0 aliphatic rings. The predicted molar refractivity (Wildman–Crippen MR) is 73.4 cm³/mol. The van der Waals surface area contributed by atoms with Crippen LogP contribution in [-0.4, -0.2) is 4.98 Å². The maximum atomic E-state index is 6.08. The van der Waals surface area contributed by atoms with E-state index in [0.717, 1.165) is 23.6 Å². The van der Waals surface area contributed by atoms with E-state index in [1.54, 1.807) is 23.7 Å². The molecule has 1 unspecified atom stereocenters. The quantitative estimate of drug-likeness (QED) is 0.884. The van der Waals surface area contributed by atoms with Crippen molar-refractivity contribution in [2.75, 3.05) is 0 Å². The molecule has 1 N–H and O–H groups in total. The average molecular weight is 267 g/mol. The SMILES string of the molecule is CCC(NCc1ccncc1Cl)c1cccs1. The molecular weight excluding hydrogens is 252 g/mol. The third kappa shape index (κ3) is 3.28. The minimum Gasteiger partial charge on any atom is -0.305 e. The summed E-state index contributed by atoms with van der Waals surface area (Å²) in [4.78, 5) is 5.36. The van der Waals surface area contributed by atoms with E-state index in [2.05, 4.69) is 34.7 Å². The second kappa shape index (κ2) is 6.15. The average Bonchev–Trinajstić information content (AvgIpc) is 2.86. The van der Waals surface area contributed by atoms with E-state index in [9.17, 15) is 0 Å². The van der Waals surface area contributed by atoms with Crippen molar-refractivity contribution in [3.63, 3.8) is 0 Å². The lowest BCUT2D eigenvalue weighted by atomic mass is 10.1. The number of nitrogens with zero attached hydrogens (tertiary/aromatic N) is 1. The standard InChI is InChI=1S/C13H15ClN2S/c1-2-12(13-4-3-7-17-13)16-8-10-5-6-15-9-11(10)14/h3-7,9,12,16H,2,8H2,1H3. The molecule has 0 saturated heterocycles. The summed E-state index contributed by atoms with van der Waals surface area (Å²) in [6.45, 7) is 2.96. The second-order valence-electron chi connectivity index (χ2n) is 3.82. The van der Waals surface area contributed by atoms with Gasteiger partial charge in [0.05, 0.1) is 5.02 Å². The summed E-state index contributed by atoms with van der Waals surface area (Å²) in [7, 11) is 0. The number of aromatic nitrogens is 1. The van der Waals surface area contributed by atoms with Crippen LogP contribution in [0.3, 0.4) is 0 Å². The molecule has 2 aromatic heterocycles. The summed E-state index contributed by atoms with van der Waals surface area (Å²) < 4.78 is 0. The summed E-state index contributed by atoms with van der Waals surface area (Å²) in [5.74, 6) is 0. The van der Waals surface area contributed by atoms with Gasteiger partial charge in [-0.2, -0.15) is 0 Å². The first-order valence-electron chi connectivity index (χ1n) is 5.66. The third-order valence-corrected chi connectivity index (χ3v) is 4.02. The monoisotopic (exact) mass is 266 g/mol. The Balaban J connectivity index is 2.00. The summed E-state index contributed by atoms with van der Waals surface area (Å²) in [6, 6.07) is 6.61. The number of hydrogen-bond acceptors (Lipinski definition) is 3. The van der Waals surface area contributed by atoms with Gasteiger partial charge in [0.15, 0.2) is 0 Å². The van der Waals surface area contributed by atoms with Gasteiger partial charge < -0.3 is 5.32 Å². The topological polar surface area (TPSA) is 24.9 Å². The predicted octanol–water partition coefficient (Wildman–Crippen LogP) is 4.04. The lowest BCUT2D eigenvalue weighted by molar-refractivity contribution is 0.526. The number of rotatable bonds is 5. The van der Waals surface area contributed by atoms with Gasteiger partial charge in [-0.1, -0.05) is 24.6 Å². The molecule has 0 saturated carbocycles. The molecule has 0 amide bonds.